The molecule has 2 heterocycles. The molecule has 104 valence electrons. The number of carboxylic acids is 1. The first kappa shape index (κ1) is 13.1. The predicted octanol–water partition coefficient (Wildman–Crippen LogP) is 2.14. The third-order valence-electron chi connectivity index (χ3n) is 3.70. The van der Waals surface area contributed by atoms with E-state index in [9.17, 15) is 15.2 Å². The number of aliphatic carboxylic acids is 1. The average molecular weight is 279 g/mol. The standard InChI is InChI=1S/C16H13N3O2/c17-10-12-5-3-8-18-15(12)19-9-7-11-4-1-2-6-13(11)14(19)16(20)21/h1-6,8,14H,7,9H2,(H,20,21). The number of benzene rings is 1. The summed E-state index contributed by atoms with van der Waals surface area (Å²) < 4.78 is 0. The van der Waals surface area contributed by atoms with Crippen molar-refractivity contribution in [3.63, 3.8) is 0 Å². The van der Waals surface area contributed by atoms with Crippen molar-refractivity contribution >= 4 is 11.8 Å². The second kappa shape index (κ2) is 5.25. The Morgan fingerprint density at radius 1 is 1.33 bits per heavy atom. The van der Waals surface area contributed by atoms with E-state index in [0.29, 0.717) is 17.9 Å². The summed E-state index contributed by atoms with van der Waals surface area (Å²) in [5.74, 6) is -0.501. The summed E-state index contributed by atoms with van der Waals surface area (Å²) in [6.45, 7) is 0.527. The smallest absolute Gasteiger partial charge is 0.331 e. The van der Waals surface area contributed by atoms with Gasteiger partial charge < -0.3 is 10.0 Å². The largest absolute Gasteiger partial charge is 0.479 e. The molecule has 5 nitrogen and oxygen atoms in total. The zero-order chi connectivity index (χ0) is 14.8. The summed E-state index contributed by atoms with van der Waals surface area (Å²) >= 11 is 0. The summed E-state index contributed by atoms with van der Waals surface area (Å²) in [7, 11) is 0. The van der Waals surface area contributed by atoms with Crippen LogP contribution in [0, 0.1) is 11.3 Å². The highest BCUT2D eigenvalue weighted by molar-refractivity contribution is 5.81. The Labute approximate surface area is 122 Å². The first-order valence-corrected chi connectivity index (χ1v) is 6.64. The van der Waals surface area contributed by atoms with Gasteiger partial charge in [0.15, 0.2) is 6.04 Å². The van der Waals surface area contributed by atoms with Gasteiger partial charge in [0.25, 0.3) is 0 Å². The van der Waals surface area contributed by atoms with Gasteiger partial charge in [-0.05, 0) is 29.7 Å². The predicted molar refractivity (Wildman–Crippen MR) is 76.8 cm³/mol. The van der Waals surface area contributed by atoms with Crippen LogP contribution in [0.2, 0.25) is 0 Å². The normalized spacial score (nSPS) is 16.9. The Morgan fingerprint density at radius 2 is 2.14 bits per heavy atom. The molecule has 3 rings (SSSR count). The Morgan fingerprint density at radius 3 is 2.90 bits per heavy atom. The van der Waals surface area contributed by atoms with Crippen molar-refractivity contribution < 1.29 is 9.90 Å². The molecule has 0 saturated carbocycles. The quantitative estimate of drug-likeness (QED) is 0.911. The van der Waals surface area contributed by atoms with Gasteiger partial charge in [-0.3, -0.25) is 0 Å². The molecule has 0 amide bonds. The van der Waals surface area contributed by atoms with Crippen LogP contribution in [0.4, 0.5) is 5.82 Å². The van der Waals surface area contributed by atoms with Crippen molar-refractivity contribution in [1.29, 1.82) is 5.26 Å². The molecule has 0 bridgehead atoms. The SMILES string of the molecule is N#Cc1cccnc1N1CCc2ccccc2C1C(=O)O. The van der Waals surface area contributed by atoms with Gasteiger partial charge in [-0.15, -0.1) is 0 Å². The van der Waals surface area contributed by atoms with E-state index in [0.717, 1.165) is 17.5 Å². The molecule has 2 aromatic rings. The molecule has 0 aliphatic carbocycles. The number of carboxylic acid groups (broad SMARTS) is 1. The van der Waals surface area contributed by atoms with E-state index >= 15 is 0 Å². The molecule has 1 atom stereocenters. The number of nitriles is 1. The summed E-state index contributed by atoms with van der Waals surface area (Å²) in [5, 5.41) is 18.8. The van der Waals surface area contributed by atoms with Crippen LogP contribution >= 0.6 is 0 Å². The van der Waals surface area contributed by atoms with Gasteiger partial charge in [0.2, 0.25) is 0 Å². The van der Waals surface area contributed by atoms with Crippen molar-refractivity contribution in [2.75, 3.05) is 11.4 Å². The maximum atomic E-state index is 11.7. The Bertz CT molecular complexity index is 736. The van der Waals surface area contributed by atoms with Gasteiger partial charge in [-0.2, -0.15) is 5.26 Å². The highest BCUT2D eigenvalue weighted by Gasteiger charge is 2.34. The molecule has 0 radical (unpaired) electrons. The summed E-state index contributed by atoms with van der Waals surface area (Å²) in [6, 6.07) is 12.1. The zero-order valence-corrected chi connectivity index (χ0v) is 11.2. The number of rotatable bonds is 2. The number of hydrogen-bond acceptors (Lipinski definition) is 4. The van der Waals surface area contributed by atoms with Gasteiger partial charge in [0.05, 0.1) is 5.56 Å². The molecule has 1 aromatic heterocycles. The molecule has 1 unspecified atom stereocenters. The highest BCUT2D eigenvalue weighted by Crippen LogP contribution is 2.34. The lowest BCUT2D eigenvalue weighted by Gasteiger charge is -2.35. The minimum atomic E-state index is -0.934. The fourth-order valence-electron chi connectivity index (χ4n) is 2.77. The number of aromatic nitrogens is 1. The summed E-state index contributed by atoms with van der Waals surface area (Å²) in [6.07, 6.45) is 2.32. The number of fused-ring (bicyclic) bond motifs is 1. The number of pyridine rings is 1. The first-order chi connectivity index (χ1) is 10.2. The van der Waals surface area contributed by atoms with Crippen molar-refractivity contribution in [3.8, 4) is 6.07 Å². The number of anilines is 1. The van der Waals surface area contributed by atoms with E-state index in [1.54, 1.807) is 23.2 Å². The maximum Gasteiger partial charge on any atom is 0.331 e. The van der Waals surface area contributed by atoms with E-state index in [-0.39, 0.29) is 0 Å². The lowest BCUT2D eigenvalue weighted by Crippen LogP contribution is -2.40. The van der Waals surface area contributed by atoms with Crippen molar-refractivity contribution in [2.24, 2.45) is 0 Å². The third-order valence-corrected chi connectivity index (χ3v) is 3.70. The molecule has 5 heteroatoms. The number of nitrogens with zero attached hydrogens (tertiary/aromatic N) is 3. The molecule has 0 spiro atoms. The molecule has 0 saturated heterocycles. The second-order valence-electron chi connectivity index (χ2n) is 4.87. The van der Waals surface area contributed by atoms with E-state index in [4.69, 9.17) is 0 Å². The van der Waals surface area contributed by atoms with Crippen LogP contribution in [0.5, 0.6) is 0 Å². The molecule has 21 heavy (non-hydrogen) atoms. The van der Waals surface area contributed by atoms with Crippen LogP contribution in [0.1, 0.15) is 22.7 Å². The molecule has 1 aliphatic heterocycles. The Kier molecular flexibility index (Phi) is 3.28. The van der Waals surface area contributed by atoms with E-state index < -0.39 is 12.0 Å². The van der Waals surface area contributed by atoms with Crippen molar-refractivity contribution in [3.05, 3.63) is 59.3 Å². The molecule has 1 N–H and O–H groups in total. The van der Waals surface area contributed by atoms with Crippen LogP contribution in [-0.2, 0) is 11.2 Å². The van der Waals surface area contributed by atoms with Crippen molar-refractivity contribution in [2.45, 2.75) is 12.5 Å². The zero-order valence-electron chi connectivity index (χ0n) is 11.2. The highest BCUT2D eigenvalue weighted by atomic mass is 16.4. The van der Waals surface area contributed by atoms with Gasteiger partial charge >= 0.3 is 5.97 Å². The van der Waals surface area contributed by atoms with E-state index in [2.05, 4.69) is 11.1 Å². The second-order valence-corrected chi connectivity index (χ2v) is 4.87. The third kappa shape index (κ3) is 2.21. The minimum Gasteiger partial charge on any atom is -0.479 e. The lowest BCUT2D eigenvalue weighted by molar-refractivity contribution is -0.138. The van der Waals surface area contributed by atoms with Gasteiger partial charge in [-0.1, -0.05) is 24.3 Å². The topological polar surface area (TPSA) is 77.2 Å². The minimum absolute atomic E-state index is 0.392. The molecular weight excluding hydrogens is 266 g/mol. The van der Waals surface area contributed by atoms with Gasteiger partial charge in [0, 0.05) is 12.7 Å². The Balaban J connectivity index is 2.12. The number of carbonyl (C=O) groups is 1. The molecule has 1 aliphatic rings. The first-order valence-electron chi connectivity index (χ1n) is 6.64. The Hall–Kier alpha value is -2.87. The lowest BCUT2D eigenvalue weighted by atomic mass is 9.92. The van der Waals surface area contributed by atoms with E-state index in [1.807, 2.05) is 24.3 Å². The monoisotopic (exact) mass is 279 g/mol. The van der Waals surface area contributed by atoms with Crippen molar-refractivity contribution in [1.82, 2.24) is 4.98 Å². The average Bonchev–Trinajstić information content (AvgIpc) is 2.53. The summed E-state index contributed by atoms with van der Waals surface area (Å²) in [4.78, 5) is 17.7. The van der Waals surface area contributed by atoms with Gasteiger partial charge in [0.1, 0.15) is 11.9 Å². The fraction of sp³-hybridized carbons (Fsp3) is 0.188. The summed E-state index contributed by atoms with van der Waals surface area (Å²) in [5.41, 5.74) is 2.20. The van der Waals surface area contributed by atoms with Crippen LogP contribution in [0.15, 0.2) is 42.6 Å². The molecule has 0 fully saturated rings. The van der Waals surface area contributed by atoms with Crippen LogP contribution in [0.25, 0.3) is 0 Å². The van der Waals surface area contributed by atoms with E-state index in [1.165, 1.54) is 0 Å². The molecular formula is C16H13N3O2. The molecule has 1 aromatic carbocycles. The van der Waals surface area contributed by atoms with Gasteiger partial charge in [-0.25, -0.2) is 9.78 Å². The van der Waals surface area contributed by atoms with Crippen LogP contribution in [-0.4, -0.2) is 22.6 Å². The van der Waals surface area contributed by atoms with Crippen LogP contribution in [0.3, 0.4) is 0 Å². The fourth-order valence-corrected chi connectivity index (χ4v) is 2.77. The number of hydrogen-bond donors (Lipinski definition) is 1. The van der Waals surface area contributed by atoms with Crippen LogP contribution < -0.4 is 4.90 Å². The maximum absolute atomic E-state index is 11.7.